The Morgan fingerprint density at radius 1 is 1.05 bits per heavy atom. The molecule has 1 saturated carbocycles. The number of rotatable bonds is 7. The van der Waals surface area contributed by atoms with Crippen LogP contribution in [0.5, 0.6) is 0 Å². The summed E-state index contributed by atoms with van der Waals surface area (Å²) in [6.45, 7) is 5.66. The normalized spacial score (nSPS) is 26.6. The van der Waals surface area contributed by atoms with E-state index >= 15 is 0 Å². The Morgan fingerprint density at radius 3 is 2.55 bits per heavy atom. The van der Waals surface area contributed by atoms with E-state index in [-0.39, 0.29) is 0 Å². The fourth-order valence-corrected chi connectivity index (χ4v) is 3.80. The molecule has 1 N–H and O–H groups in total. The van der Waals surface area contributed by atoms with E-state index in [1.165, 1.54) is 44.9 Å². The van der Waals surface area contributed by atoms with E-state index in [2.05, 4.69) is 49.5 Å². The minimum absolute atomic E-state index is 0.761. The van der Waals surface area contributed by atoms with Gasteiger partial charge in [-0.25, -0.2) is 0 Å². The number of hydrogen-bond acceptors (Lipinski definition) is 1. The molecule has 0 amide bonds. The second-order valence-electron chi connectivity index (χ2n) is 6.34. The molecule has 1 aliphatic rings. The molecule has 0 heterocycles. The summed E-state index contributed by atoms with van der Waals surface area (Å²) < 4.78 is 0. The monoisotopic (exact) mass is 273 g/mol. The molecule has 1 aliphatic carbocycles. The molecule has 0 saturated heterocycles. The zero-order chi connectivity index (χ0) is 14.2. The third-order valence-corrected chi connectivity index (χ3v) is 4.90. The lowest BCUT2D eigenvalue weighted by Crippen LogP contribution is -2.40. The first-order chi connectivity index (χ1) is 9.85. The van der Waals surface area contributed by atoms with Crippen LogP contribution in [0.2, 0.25) is 0 Å². The number of hydrogen-bond donors (Lipinski definition) is 1. The summed E-state index contributed by atoms with van der Waals surface area (Å²) in [5, 5.41) is 3.73. The van der Waals surface area contributed by atoms with E-state index in [1.807, 2.05) is 0 Å². The van der Waals surface area contributed by atoms with Gasteiger partial charge in [-0.1, -0.05) is 63.4 Å². The van der Waals surface area contributed by atoms with Gasteiger partial charge in [0.1, 0.15) is 0 Å². The highest BCUT2D eigenvalue weighted by atomic mass is 14.9. The predicted octanol–water partition coefficient (Wildman–Crippen LogP) is 5.13. The summed E-state index contributed by atoms with van der Waals surface area (Å²) in [4.78, 5) is 0. The Kier molecular flexibility index (Phi) is 6.59. The molecule has 1 heteroatoms. The first kappa shape index (κ1) is 15.6. The first-order valence-corrected chi connectivity index (χ1v) is 8.63. The molecule has 0 aliphatic heterocycles. The molecular formula is C19H31N. The minimum atomic E-state index is 0.761. The zero-order valence-corrected chi connectivity index (χ0v) is 13.3. The van der Waals surface area contributed by atoms with Crippen LogP contribution in [-0.4, -0.2) is 12.6 Å². The zero-order valence-electron chi connectivity index (χ0n) is 13.3. The van der Waals surface area contributed by atoms with Crippen molar-refractivity contribution in [2.75, 3.05) is 6.54 Å². The molecule has 1 aromatic rings. The molecule has 112 valence electrons. The van der Waals surface area contributed by atoms with Crippen LogP contribution >= 0.6 is 0 Å². The largest absolute Gasteiger partial charge is 0.314 e. The van der Waals surface area contributed by atoms with Crippen molar-refractivity contribution in [2.24, 2.45) is 5.92 Å². The second kappa shape index (κ2) is 8.46. The van der Waals surface area contributed by atoms with Crippen molar-refractivity contribution in [1.29, 1.82) is 0 Å². The minimum Gasteiger partial charge on any atom is -0.314 e. The average Bonchev–Trinajstić information content (AvgIpc) is 2.50. The van der Waals surface area contributed by atoms with Crippen molar-refractivity contribution in [3.63, 3.8) is 0 Å². The van der Waals surface area contributed by atoms with Crippen LogP contribution in [-0.2, 0) is 0 Å². The maximum absolute atomic E-state index is 3.73. The third-order valence-electron chi connectivity index (χ3n) is 4.90. The summed E-state index contributed by atoms with van der Waals surface area (Å²) >= 11 is 0. The summed E-state index contributed by atoms with van der Waals surface area (Å²) in [6, 6.07) is 11.9. The van der Waals surface area contributed by atoms with Gasteiger partial charge in [-0.2, -0.15) is 0 Å². The summed E-state index contributed by atoms with van der Waals surface area (Å²) in [5.41, 5.74) is 1.56. The van der Waals surface area contributed by atoms with E-state index in [9.17, 15) is 0 Å². The van der Waals surface area contributed by atoms with Crippen LogP contribution < -0.4 is 5.32 Å². The van der Waals surface area contributed by atoms with Gasteiger partial charge < -0.3 is 5.32 Å². The Hall–Kier alpha value is -0.820. The number of unbranched alkanes of at least 4 members (excludes halogenated alkanes) is 2. The van der Waals surface area contributed by atoms with Crippen LogP contribution in [0.25, 0.3) is 0 Å². The van der Waals surface area contributed by atoms with Crippen molar-refractivity contribution in [1.82, 2.24) is 5.32 Å². The van der Waals surface area contributed by atoms with Gasteiger partial charge in [-0.3, -0.25) is 0 Å². The smallest absolute Gasteiger partial charge is 0.00956 e. The van der Waals surface area contributed by atoms with Crippen molar-refractivity contribution in [3.8, 4) is 0 Å². The van der Waals surface area contributed by atoms with E-state index in [0.29, 0.717) is 0 Å². The number of nitrogens with one attached hydrogen (secondary N) is 1. The molecule has 0 aromatic heterocycles. The van der Waals surface area contributed by atoms with Crippen LogP contribution in [0.3, 0.4) is 0 Å². The van der Waals surface area contributed by atoms with Crippen LogP contribution in [0, 0.1) is 5.92 Å². The van der Waals surface area contributed by atoms with Gasteiger partial charge in [-0.15, -0.1) is 0 Å². The third kappa shape index (κ3) is 4.34. The lowest BCUT2D eigenvalue weighted by Gasteiger charge is -2.37. The molecule has 0 bridgehead atoms. The Balaban J connectivity index is 1.95. The van der Waals surface area contributed by atoms with Crippen molar-refractivity contribution in [3.05, 3.63) is 35.9 Å². The molecule has 3 atom stereocenters. The second-order valence-corrected chi connectivity index (χ2v) is 6.34. The summed E-state index contributed by atoms with van der Waals surface area (Å²) in [7, 11) is 0. The van der Waals surface area contributed by atoms with Gasteiger partial charge >= 0.3 is 0 Å². The molecule has 20 heavy (non-hydrogen) atoms. The van der Waals surface area contributed by atoms with Gasteiger partial charge in [0.25, 0.3) is 0 Å². The van der Waals surface area contributed by atoms with Gasteiger partial charge in [0, 0.05) is 6.04 Å². The standard InChI is InChI=1S/C19H31N/c1-3-5-7-12-18-15-17(13-14-19(18)20-4-2)16-10-8-6-9-11-16/h6,8-11,17-20H,3-5,7,12-15H2,1-2H3. The molecular weight excluding hydrogens is 242 g/mol. The average molecular weight is 273 g/mol. The van der Waals surface area contributed by atoms with Gasteiger partial charge in [0.05, 0.1) is 0 Å². The van der Waals surface area contributed by atoms with Gasteiger partial charge in [0.15, 0.2) is 0 Å². The fourth-order valence-electron chi connectivity index (χ4n) is 3.80. The van der Waals surface area contributed by atoms with E-state index in [0.717, 1.165) is 24.4 Å². The van der Waals surface area contributed by atoms with Crippen molar-refractivity contribution >= 4 is 0 Å². The fraction of sp³-hybridized carbons (Fsp3) is 0.684. The highest BCUT2D eigenvalue weighted by Gasteiger charge is 2.30. The van der Waals surface area contributed by atoms with E-state index in [1.54, 1.807) is 5.56 Å². The molecule has 0 spiro atoms. The summed E-state index contributed by atoms with van der Waals surface area (Å²) in [5.74, 6) is 1.66. The van der Waals surface area contributed by atoms with Crippen LogP contribution in [0.1, 0.15) is 70.3 Å². The molecule has 1 nitrogen and oxygen atoms in total. The summed E-state index contributed by atoms with van der Waals surface area (Å²) in [6.07, 6.45) is 9.63. The first-order valence-electron chi connectivity index (χ1n) is 8.63. The molecule has 1 fully saturated rings. The number of benzene rings is 1. The molecule has 0 radical (unpaired) electrons. The molecule has 2 rings (SSSR count). The highest BCUT2D eigenvalue weighted by molar-refractivity contribution is 5.20. The highest BCUT2D eigenvalue weighted by Crippen LogP contribution is 2.38. The van der Waals surface area contributed by atoms with Crippen LogP contribution in [0.4, 0.5) is 0 Å². The van der Waals surface area contributed by atoms with E-state index in [4.69, 9.17) is 0 Å². The molecule has 3 unspecified atom stereocenters. The lowest BCUT2D eigenvalue weighted by molar-refractivity contribution is 0.225. The maximum atomic E-state index is 3.73. The topological polar surface area (TPSA) is 12.0 Å². The van der Waals surface area contributed by atoms with Crippen molar-refractivity contribution in [2.45, 2.75) is 70.8 Å². The van der Waals surface area contributed by atoms with Crippen molar-refractivity contribution < 1.29 is 0 Å². The van der Waals surface area contributed by atoms with Crippen LogP contribution in [0.15, 0.2) is 30.3 Å². The Morgan fingerprint density at radius 2 is 1.85 bits per heavy atom. The van der Waals surface area contributed by atoms with Gasteiger partial charge in [-0.05, 0) is 49.6 Å². The SMILES string of the molecule is CCCCCC1CC(c2ccccc2)CCC1NCC. The quantitative estimate of drug-likeness (QED) is 0.679. The lowest BCUT2D eigenvalue weighted by atomic mass is 9.73. The maximum Gasteiger partial charge on any atom is 0.00956 e. The Bertz CT molecular complexity index is 359. The predicted molar refractivity (Wildman–Crippen MR) is 88.1 cm³/mol. The van der Waals surface area contributed by atoms with Gasteiger partial charge in [0.2, 0.25) is 0 Å². The molecule has 1 aromatic carbocycles. The Labute approximate surface area is 125 Å². The van der Waals surface area contributed by atoms with E-state index < -0.39 is 0 Å².